The highest BCUT2D eigenvalue weighted by atomic mass is 31.2. The Morgan fingerprint density at radius 3 is 1.07 bits per heavy atom. The molecule has 0 fully saturated rings. The summed E-state index contributed by atoms with van der Waals surface area (Å²) in [6, 6.07) is 0. The maximum absolute atomic E-state index is 6.26. The SMILES string of the molecule is CC(C)(C)P(CC1=C(P(C(C)(C)C)C(C)(C)C)/C(=N\P(C(C)(C)C)C(C)(C)C)P(C(C)(C)C)(C(C)(C)C)=N1)C(C)(C)C. The molecule has 1 heterocycles. The van der Waals surface area contributed by atoms with Crippen molar-refractivity contribution in [1.82, 2.24) is 0 Å². The first kappa shape index (κ1) is 41.0. The van der Waals surface area contributed by atoms with Gasteiger partial charge in [-0.3, -0.25) is 9.51 Å². The standard InChI is InChI=1S/C36H74N2P4/c1-29(2,3)39(30(4,5)6)25-26-27(40(31(7,8)9)32(10,11)12)28(37-41(33(13,14)15)34(16,17)18)42(38-26,35(19,20)21)36(22,23)24/h25H2,1-24H3/b37-28+. The molecule has 0 saturated heterocycles. The fourth-order valence-electron chi connectivity index (χ4n) is 7.66. The fourth-order valence-corrected chi connectivity index (χ4v) is 24.9. The van der Waals surface area contributed by atoms with E-state index in [1.54, 1.807) is 5.31 Å². The molecule has 6 heteroatoms. The van der Waals surface area contributed by atoms with Crippen LogP contribution >= 0.6 is 31.0 Å². The van der Waals surface area contributed by atoms with Crippen molar-refractivity contribution in [2.24, 2.45) is 9.51 Å². The third-order valence-corrected chi connectivity index (χ3v) is 24.1. The predicted octanol–water partition coefficient (Wildman–Crippen LogP) is 14.6. The lowest BCUT2D eigenvalue weighted by molar-refractivity contribution is 0.701. The van der Waals surface area contributed by atoms with Crippen molar-refractivity contribution in [3.05, 3.63) is 11.0 Å². The van der Waals surface area contributed by atoms with Gasteiger partial charge in [0.15, 0.2) is 0 Å². The van der Waals surface area contributed by atoms with Gasteiger partial charge in [-0.05, 0) is 20.6 Å². The average molecular weight is 659 g/mol. The predicted molar refractivity (Wildman–Crippen MR) is 207 cm³/mol. The van der Waals surface area contributed by atoms with E-state index in [1.165, 1.54) is 11.1 Å². The van der Waals surface area contributed by atoms with Gasteiger partial charge in [-0.15, -0.1) is 0 Å². The minimum absolute atomic E-state index is 0.0108. The first-order valence-corrected chi connectivity index (χ1v) is 22.2. The van der Waals surface area contributed by atoms with E-state index in [-0.39, 0.29) is 49.2 Å². The molecule has 0 bridgehead atoms. The van der Waals surface area contributed by atoms with E-state index in [0.29, 0.717) is 0 Å². The van der Waals surface area contributed by atoms with E-state index in [9.17, 15) is 0 Å². The van der Waals surface area contributed by atoms with E-state index in [1.807, 2.05) is 0 Å². The van der Waals surface area contributed by atoms with Crippen molar-refractivity contribution in [2.45, 2.75) is 207 Å². The summed E-state index contributed by atoms with van der Waals surface area (Å²) in [6.45, 7) is 59.2. The minimum Gasteiger partial charge on any atom is -0.264 e. The molecule has 0 unspecified atom stereocenters. The van der Waals surface area contributed by atoms with Crippen LogP contribution in [0.5, 0.6) is 0 Å². The van der Waals surface area contributed by atoms with E-state index in [0.717, 1.165) is 6.16 Å². The van der Waals surface area contributed by atoms with Gasteiger partial charge in [-0.25, -0.2) is 0 Å². The van der Waals surface area contributed by atoms with Gasteiger partial charge in [0, 0.05) is 47.2 Å². The molecule has 0 spiro atoms. The molecular weight excluding hydrogens is 584 g/mol. The van der Waals surface area contributed by atoms with Crippen molar-refractivity contribution in [3.63, 3.8) is 0 Å². The molecule has 0 amide bonds. The maximum Gasteiger partial charge on any atom is 0.0895 e. The van der Waals surface area contributed by atoms with Gasteiger partial charge in [0.1, 0.15) is 0 Å². The lowest BCUT2D eigenvalue weighted by Gasteiger charge is -2.49. The van der Waals surface area contributed by atoms with E-state index in [4.69, 9.17) is 9.51 Å². The van der Waals surface area contributed by atoms with Crippen LogP contribution in [0.15, 0.2) is 20.5 Å². The van der Waals surface area contributed by atoms with Crippen LogP contribution in [0.2, 0.25) is 0 Å². The Balaban J connectivity index is 4.73. The normalized spacial score (nSPS) is 19.5. The van der Waals surface area contributed by atoms with Crippen molar-refractivity contribution in [2.75, 3.05) is 6.16 Å². The molecule has 1 aliphatic heterocycles. The monoisotopic (exact) mass is 658 g/mol. The van der Waals surface area contributed by atoms with E-state index < -0.39 is 23.0 Å². The summed E-state index contributed by atoms with van der Waals surface area (Å²) >= 11 is 0. The summed E-state index contributed by atoms with van der Waals surface area (Å²) in [5.74, 6) is 0. The van der Waals surface area contributed by atoms with Crippen LogP contribution in [0.4, 0.5) is 0 Å². The highest BCUT2D eigenvalue weighted by molar-refractivity contribution is 7.90. The van der Waals surface area contributed by atoms with Crippen molar-refractivity contribution in [3.8, 4) is 0 Å². The smallest absolute Gasteiger partial charge is 0.0895 e. The van der Waals surface area contributed by atoms with Crippen LogP contribution < -0.4 is 0 Å². The van der Waals surface area contributed by atoms with E-state index >= 15 is 0 Å². The number of allylic oxidation sites excluding steroid dienone is 2. The van der Waals surface area contributed by atoms with Gasteiger partial charge >= 0.3 is 0 Å². The molecular formula is C36H74N2P4. The molecule has 0 radical (unpaired) electrons. The summed E-state index contributed by atoms with van der Waals surface area (Å²) in [5, 5.41) is 2.59. The number of hydrogen-bond acceptors (Lipinski definition) is 2. The number of nitrogens with zero attached hydrogens (tertiary/aromatic N) is 2. The van der Waals surface area contributed by atoms with Crippen LogP contribution in [-0.4, -0.2) is 52.9 Å². The van der Waals surface area contributed by atoms with Crippen LogP contribution in [0.3, 0.4) is 0 Å². The minimum atomic E-state index is -2.14. The second-order valence-corrected chi connectivity index (χ2v) is 36.3. The Morgan fingerprint density at radius 1 is 0.500 bits per heavy atom. The highest BCUT2D eigenvalue weighted by Gasteiger charge is 2.56. The lowest BCUT2D eigenvalue weighted by atomic mass is 10.2. The molecule has 0 aromatic rings. The van der Waals surface area contributed by atoms with Crippen molar-refractivity contribution in [1.29, 1.82) is 0 Å². The molecule has 1 rings (SSSR count). The Kier molecular flexibility index (Phi) is 11.9. The second kappa shape index (κ2) is 12.2. The second-order valence-electron chi connectivity index (χ2n) is 20.6. The van der Waals surface area contributed by atoms with Gasteiger partial charge in [-0.1, -0.05) is 182 Å². The quantitative estimate of drug-likeness (QED) is 0.269. The van der Waals surface area contributed by atoms with Gasteiger partial charge in [-0.2, -0.15) is 0 Å². The molecule has 2 nitrogen and oxygen atoms in total. The molecule has 0 aromatic carbocycles. The molecule has 42 heavy (non-hydrogen) atoms. The summed E-state index contributed by atoms with van der Waals surface area (Å²) in [5.41, 5.74) is 2.90. The molecule has 0 aliphatic carbocycles. The molecule has 0 atom stereocenters. The molecule has 248 valence electrons. The molecule has 0 saturated carbocycles. The van der Waals surface area contributed by atoms with Crippen LogP contribution in [0.1, 0.15) is 166 Å². The summed E-state index contributed by atoms with van der Waals surface area (Å²) in [6.07, 6.45) is 1.10. The Hall–Kier alpha value is 0.930. The maximum atomic E-state index is 6.26. The van der Waals surface area contributed by atoms with Gasteiger partial charge < -0.3 is 0 Å². The fraction of sp³-hybridized carbons (Fsp3) is 0.917. The Morgan fingerprint density at radius 2 is 0.833 bits per heavy atom. The summed E-state index contributed by atoms with van der Waals surface area (Å²) < 4.78 is 12.5. The summed E-state index contributed by atoms with van der Waals surface area (Å²) in [4.78, 5) is 0. The molecule has 1 aliphatic rings. The van der Waals surface area contributed by atoms with Crippen LogP contribution in [-0.2, 0) is 0 Å². The zero-order chi connectivity index (χ0) is 34.1. The first-order valence-electron chi connectivity index (χ1n) is 16.3. The Bertz CT molecular complexity index is 1020. The van der Waals surface area contributed by atoms with Gasteiger partial charge in [0.2, 0.25) is 0 Å². The van der Waals surface area contributed by atoms with Crippen molar-refractivity contribution < 1.29 is 0 Å². The Labute approximate surface area is 269 Å². The van der Waals surface area contributed by atoms with E-state index in [2.05, 4.69) is 166 Å². The third kappa shape index (κ3) is 8.84. The number of hydrogen-bond donors (Lipinski definition) is 0. The zero-order valence-corrected chi connectivity index (χ0v) is 36.5. The summed E-state index contributed by atoms with van der Waals surface area (Å²) in [7, 11) is -3.74. The van der Waals surface area contributed by atoms with Crippen molar-refractivity contribution >= 4 is 36.4 Å². The number of rotatable bonds is 4. The third-order valence-electron chi connectivity index (χ3n) is 7.96. The highest BCUT2D eigenvalue weighted by Crippen LogP contribution is 2.82. The first-order chi connectivity index (χ1) is 17.9. The van der Waals surface area contributed by atoms with Gasteiger partial charge in [0.05, 0.1) is 11.1 Å². The molecule has 0 aromatic heterocycles. The van der Waals surface area contributed by atoms with Gasteiger partial charge in [0.25, 0.3) is 0 Å². The van der Waals surface area contributed by atoms with Crippen LogP contribution in [0, 0.1) is 0 Å². The zero-order valence-electron chi connectivity index (χ0n) is 32.9. The topological polar surface area (TPSA) is 24.7 Å². The molecule has 0 N–H and O–H groups in total. The van der Waals surface area contributed by atoms with Crippen LogP contribution in [0.25, 0.3) is 0 Å². The average Bonchev–Trinajstić information content (AvgIpc) is 2.92. The largest absolute Gasteiger partial charge is 0.264 e. The lowest BCUT2D eigenvalue weighted by Crippen LogP contribution is -2.35.